The number of rotatable bonds is 6. The highest BCUT2D eigenvalue weighted by Crippen LogP contribution is 2.06. The highest BCUT2D eigenvalue weighted by atomic mass is 32.2. The van der Waals surface area contributed by atoms with Crippen LogP contribution in [-0.4, -0.2) is 38.9 Å². The van der Waals surface area contributed by atoms with Crippen molar-refractivity contribution >= 4 is 15.7 Å². The van der Waals surface area contributed by atoms with Gasteiger partial charge >= 0.3 is 0 Å². The first kappa shape index (κ1) is 15.7. The predicted molar refractivity (Wildman–Crippen MR) is 75.8 cm³/mol. The molecule has 0 saturated heterocycles. The molecule has 1 rings (SSSR count). The van der Waals surface area contributed by atoms with Crippen molar-refractivity contribution in [1.29, 1.82) is 0 Å². The summed E-state index contributed by atoms with van der Waals surface area (Å²) in [6.07, 6.45) is 1.86. The van der Waals surface area contributed by atoms with Crippen LogP contribution in [-0.2, 0) is 16.3 Å². The van der Waals surface area contributed by atoms with Crippen molar-refractivity contribution < 1.29 is 13.2 Å². The molecule has 19 heavy (non-hydrogen) atoms. The molecule has 6 heteroatoms. The number of carbonyl (C=O) groups is 1. The molecule has 1 aromatic carbocycles. The second-order valence-corrected chi connectivity index (χ2v) is 6.89. The van der Waals surface area contributed by atoms with Crippen molar-refractivity contribution in [2.75, 3.05) is 18.6 Å². The molecule has 0 aliphatic rings. The van der Waals surface area contributed by atoms with Gasteiger partial charge in [0, 0.05) is 17.9 Å². The molecule has 1 aromatic rings. The van der Waals surface area contributed by atoms with Gasteiger partial charge in [0.15, 0.2) is 0 Å². The second kappa shape index (κ2) is 6.68. The molecule has 0 aromatic heterocycles. The standard InChI is InChI=1S/C13H20N2O3S/c1-10(9-19(2,17)18)15-13(16)12-5-3-4-11(8-12)6-7-14/h3-5,8,10H,6-7,9,14H2,1-2H3,(H,15,16). The highest BCUT2D eigenvalue weighted by Gasteiger charge is 2.14. The fourth-order valence-corrected chi connectivity index (χ4v) is 2.83. The topological polar surface area (TPSA) is 89.3 Å². The van der Waals surface area contributed by atoms with Crippen molar-refractivity contribution in [1.82, 2.24) is 5.32 Å². The zero-order chi connectivity index (χ0) is 14.5. The van der Waals surface area contributed by atoms with Crippen LogP contribution in [0.25, 0.3) is 0 Å². The Balaban J connectivity index is 2.70. The van der Waals surface area contributed by atoms with Crippen LogP contribution in [0.2, 0.25) is 0 Å². The lowest BCUT2D eigenvalue weighted by atomic mass is 10.1. The minimum atomic E-state index is -3.10. The molecule has 106 valence electrons. The second-order valence-electron chi connectivity index (χ2n) is 4.71. The van der Waals surface area contributed by atoms with E-state index in [4.69, 9.17) is 5.73 Å². The zero-order valence-corrected chi connectivity index (χ0v) is 12.0. The van der Waals surface area contributed by atoms with Crippen LogP contribution in [0.3, 0.4) is 0 Å². The first-order valence-electron chi connectivity index (χ1n) is 6.09. The summed E-state index contributed by atoms with van der Waals surface area (Å²) >= 11 is 0. The van der Waals surface area contributed by atoms with Crippen LogP contribution in [0, 0.1) is 0 Å². The molecule has 3 N–H and O–H groups in total. The molecule has 0 aliphatic heterocycles. The summed E-state index contributed by atoms with van der Waals surface area (Å²) in [6, 6.07) is 6.75. The summed E-state index contributed by atoms with van der Waals surface area (Å²) in [4.78, 5) is 12.0. The van der Waals surface area contributed by atoms with E-state index in [0.29, 0.717) is 18.5 Å². The molecule has 1 atom stereocenters. The van der Waals surface area contributed by atoms with E-state index in [1.165, 1.54) is 0 Å². The molecule has 0 aliphatic carbocycles. The third-order valence-electron chi connectivity index (χ3n) is 2.55. The number of hydrogen-bond acceptors (Lipinski definition) is 4. The maximum absolute atomic E-state index is 12.0. The summed E-state index contributed by atoms with van der Waals surface area (Å²) in [6.45, 7) is 2.19. The number of nitrogens with one attached hydrogen (secondary N) is 1. The third kappa shape index (κ3) is 5.85. The lowest BCUT2D eigenvalue weighted by molar-refractivity contribution is 0.0943. The van der Waals surface area contributed by atoms with Gasteiger partial charge in [-0.15, -0.1) is 0 Å². The molecular formula is C13H20N2O3S. The van der Waals surface area contributed by atoms with E-state index in [2.05, 4.69) is 5.32 Å². The van der Waals surface area contributed by atoms with Crippen LogP contribution < -0.4 is 11.1 Å². The predicted octanol–water partition coefficient (Wildman–Crippen LogP) is 0.351. The molecule has 1 amide bonds. The van der Waals surface area contributed by atoms with Gasteiger partial charge in [0.05, 0.1) is 5.75 Å². The average molecular weight is 284 g/mol. The van der Waals surface area contributed by atoms with Gasteiger partial charge in [-0.25, -0.2) is 8.42 Å². The number of amides is 1. The van der Waals surface area contributed by atoms with E-state index >= 15 is 0 Å². The van der Waals surface area contributed by atoms with Gasteiger partial charge in [-0.1, -0.05) is 12.1 Å². The summed E-state index contributed by atoms with van der Waals surface area (Å²) < 4.78 is 22.3. The smallest absolute Gasteiger partial charge is 0.251 e. The fraction of sp³-hybridized carbons (Fsp3) is 0.462. The average Bonchev–Trinajstić information content (AvgIpc) is 2.27. The monoisotopic (exact) mass is 284 g/mol. The number of benzene rings is 1. The van der Waals surface area contributed by atoms with E-state index in [-0.39, 0.29) is 11.7 Å². The Morgan fingerprint density at radius 3 is 2.68 bits per heavy atom. The normalized spacial score (nSPS) is 13.0. The fourth-order valence-electron chi connectivity index (χ4n) is 1.84. The van der Waals surface area contributed by atoms with Crippen LogP contribution in [0.15, 0.2) is 24.3 Å². The van der Waals surface area contributed by atoms with Gasteiger partial charge < -0.3 is 11.1 Å². The lowest BCUT2D eigenvalue weighted by Crippen LogP contribution is -2.37. The molecule has 0 saturated carbocycles. The largest absolute Gasteiger partial charge is 0.349 e. The maximum atomic E-state index is 12.0. The number of sulfone groups is 1. The minimum Gasteiger partial charge on any atom is -0.349 e. The molecule has 0 spiro atoms. The molecule has 0 radical (unpaired) electrons. The van der Waals surface area contributed by atoms with E-state index in [1.807, 2.05) is 6.07 Å². The summed E-state index contributed by atoms with van der Waals surface area (Å²) in [5, 5.41) is 2.67. The number of carbonyl (C=O) groups excluding carboxylic acids is 1. The first-order valence-corrected chi connectivity index (χ1v) is 8.15. The zero-order valence-electron chi connectivity index (χ0n) is 11.2. The summed E-state index contributed by atoms with van der Waals surface area (Å²) in [5.74, 6) is -0.337. The molecule has 5 nitrogen and oxygen atoms in total. The van der Waals surface area contributed by atoms with Crippen molar-refractivity contribution in [2.45, 2.75) is 19.4 Å². The molecular weight excluding hydrogens is 264 g/mol. The third-order valence-corrected chi connectivity index (χ3v) is 3.66. The summed E-state index contributed by atoms with van der Waals surface area (Å²) in [5.41, 5.74) is 6.98. The molecule has 0 heterocycles. The number of nitrogens with two attached hydrogens (primary N) is 1. The van der Waals surface area contributed by atoms with Crippen LogP contribution >= 0.6 is 0 Å². The van der Waals surface area contributed by atoms with E-state index in [1.54, 1.807) is 25.1 Å². The van der Waals surface area contributed by atoms with Crippen LogP contribution in [0.4, 0.5) is 0 Å². The van der Waals surface area contributed by atoms with Crippen LogP contribution in [0.1, 0.15) is 22.8 Å². The Hall–Kier alpha value is -1.40. The van der Waals surface area contributed by atoms with Crippen molar-refractivity contribution in [2.24, 2.45) is 5.73 Å². The Labute approximate surface area is 114 Å². The van der Waals surface area contributed by atoms with Gasteiger partial charge in [0.2, 0.25) is 0 Å². The highest BCUT2D eigenvalue weighted by molar-refractivity contribution is 7.90. The minimum absolute atomic E-state index is 0.0682. The van der Waals surface area contributed by atoms with Gasteiger partial charge in [0.1, 0.15) is 9.84 Å². The SMILES string of the molecule is CC(CS(C)(=O)=O)NC(=O)c1cccc(CCN)c1. The Kier molecular flexibility index (Phi) is 5.50. The first-order chi connectivity index (χ1) is 8.81. The van der Waals surface area contributed by atoms with E-state index in [0.717, 1.165) is 11.8 Å². The van der Waals surface area contributed by atoms with E-state index < -0.39 is 15.9 Å². The Morgan fingerprint density at radius 1 is 1.42 bits per heavy atom. The lowest BCUT2D eigenvalue weighted by Gasteiger charge is -2.13. The number of hydrogen-bond donors (Lipinski definition) is 2. The van der Waals surface area contributed by atoms with Gasteiger partial charge in [-0.2, -0.15) is 0 Å². The van der Waals surface area contributed by atoms with Crippen molar-refractivity contribution in [3.63, 3.8) is 0 Å². The van der Waals surface area contributed by atoms with E-state index in [9.17, 15) is 13.2 Å². The van der Waals surface area contributed by atoms with Crippen molar-refractivity contribution in [3.05, 3.63) is 35.4 Å². The summed E-state index contributed by atoms with van der Waals surface area (Å²) in [7, 11) is -3.10. The van der Waals surface area contributed by atoms with Crippen molar-refractivity contribution in [3.8, 4) is 0 Å². The molecule has 0 fully saturated rings. The van der Waals surface area contributed by atoms with Gasteiger partial charge in [-0.05, 0) is 37.6 Å². The van der Waals surface area contributed by atoms with Gasteiger partial charge in [0.25, 0.3) is 5.91 Å². The van der Waals surface area contributed by atoms with Gasteiger partial charge in [-0.3, -0.25) is 4.79 Å². The quantitative estimate of drug-likeness (QED) is 0.789. The molecule has 1 unspecified atom stereocenters. The van der Waals surface area contributed by atoms with Crippen LogP contribution in [0.5, 0.6) is 0 Å². The Morgan fingerprint density at radius 2 is 2.11 bits per heavy atom. The Bertz CT molecular complexity index is 541. The molecule has 0 bridgehead atoms. The maximum Gasteiger partial charge on any atom is 0.251 e.